The van der Waals surface area contributed by atoms with Crippen LogP contribution in [0.25, 0.3) is 0 Å². The zero-order chi connectivity index (χ0) is 11.4. The van der Waals surface area contributed by atoms with E-state index in [1.165, 1.54) is 38.5 Å². The van der Waals surface area contributed by atoms with Crippen LogP contribution in [0.4, 0.5) is 0 Å². The normalized spacial score (nSPS) is 28.1. The van der Waals surface area contributed by atoms with E-state index < -0.39 is 0 Å². The van der Waals surface area contributed by atoms with Crippen LogP contribution in [-0.4, -0.2) is 23.9 Å². The summed E-state index contributed by atoms with van der Waals surface area (Å²) in [5.74, 6) is 1.50. The molecule has 0 bridgehead atoms. The first kappa shape index (κ1) is 11.7. The number of rotatable bonds is 3. The highest BCUT2D eigenvalue weighted by Crippen LogP contribution is 2.26. The Morgan fingerprint density at radius 2 is 1.94 bits per heavy atom. The molecule has 1 atom stereocenters. The van der Waals surface area contributed by atoms with Crippen LogP contribution in [-0.2, 0) is 4.79 Å². The maximum absolute atomic E-state index is 11.8. The van der Waals surface area contributed by atoms with Gasteiger partial charge >= 0.3 is 0 Å². The molecule has 2 heteroatoms. The number of carbonyl (C=O) groups is 1. The summed E-state index contributed by atoms with van der Waals surface area (Å²) in [6.45, 7) is 5.71. The van der Waals surface area contributed by atoms with Gasteiger partial charge in [0.1, 0.15) is 0 Å². The summed E-state index contributed by atoms with van der Waals surface area (Å²) in [7, 11) is 0. The molecule has 16 heavy (non-hydrogen) atoms. The fraction of sp³-hybridized carbons (Fsp3) is 0.786. The van der Waals surface area contributed by atoms with Gasteiger partial charge in [0.25, 0.3) is 0 Å². The molecule has 1 heterocycles. The minimum atomic E-state index is 0.342. The lowest BCUT2D eigenvalue weighted by Gasteiger charge is -2.22. The highest BCUT2D eigenvalue weighted by atomic mass is 16.2. The third-order valence-electron chi connectivity index (χ3n) is 4.03. The molecule has 0 aromatic rings. The molecule has 0 aromatic carbocycles. The van der Waals surface area contributed by atoms with Crippen LogP contribution in [0.1, 0.15) is 44.9 Å². The Hall–Kier alpha value is -0.790. The molecule has 1 unspecified atom stereocenters. The first-order valence-corrected chi connectivity index (χ1v) is 6.70. The first-order valence-electron chi connectivity index (χ1n) is 6.70. The third-order valence-corrected chi connectivity index (χ3v) is 4.03. The molecule has 0 radical (unpaired) electrons. The second kappa shape index (κ2) is 5.51. The molecule has 0 N–H and O–H groups in total. The van der Waals surface area contributed by atoms with Crippen molar-refractivity contribution < 1.29 is 4.79 Å². The van der Waals surface area contributed by atoms with Gasteiger partial charge < -0.3 is 4.90 Å². The van der Waals surface area contributed by atoms with E-state index in [0.29, 0.717) is 18.2 Å². The second-order valence-electron chi connectivity index (χ2n) is 5.36. The minimum Gasteiger partial charge on any atom is -0.342 e. The highest BCUT2D eigenvalue weighted by Gasteiger charge is 2.29. The van der Waals surface area contributed by atoms with Gasteiger partial charge in [-0.3, -0.25) is 4.79 Å². The van der Waals surface area contributed by atoms with E-state index in [2.05, 4.69) is 11.5 Å². The average molecular weight is 221 g/mol. The minimum absolute atomic E-state index is 0.342. The molecule has 2 fully saturated rings. The van der Waals surface area contributed by atoms with Crippen LogP contribution in [0, 0.1) is 11.8 Å². The molecule has 1 amide bonds. The summed E-state index contributed by atoms with van der Waals surface area (Å²) in [6.07, 6.45) is 10.8. The Morgan fingerprint density at radius 3 is 2.50 bits per heavy atom. The summed E-state index contributed by atoms with van der Waals surface area (Å²) in [5, 5.41) is 0. The van der Waals surface area contributed by atoms with Gasteiger partial charge in [-0.2, -0.15) is 0 Å². The number of carbonyl (C=O) groups excluding carboxylic acids is 1. The van der Waals surface area contributed by atoms with Crippen molar-refractivity contribution in [2.24, 2.45) is 11.8 Å². The largest absolute Gasteiger partial charge is 0.342 e. The molecule has 1 aliphatic carbocycles. The van der Waals surface area contributed by atoms with E-state index in [1.807, 2.05) is 6.08 Å². The molecule has 1 saturated carbocycles. The molecule has 0 aromatic heterocycles. The molecule has 1 aliphatic heterocycles. The topological polar surface area (TPSA) is 20.3 Å². The van der Waals surface area contributed by atoms with Gasteiger partial charge in [0.05, 0.1) is 0 Å². The van der Waals surface area contributed by atoms with Gasteiger partial charge in [-0.25, -0.2) is 0 Å². The van der Waals surface area contributed by atoms with Gasteiger partial charge in [0.2, 0.25) is 5.91 Å². The summed E-state index contributed by atoms with van der Waals surface area (Å²) >= 11 is 0. The number of likely N-dealkylation sites (tertiary alicyclic amines) is 1. The summed E-state index contributed by atoms with van der Waals surface area (Å²) in [6, 6.07) is 0. The van der Waals surface area contributed by atoms with E-state index in [-0.39, 0.29) is 0 Å². The van der Waals surface area contributed by atoms with Crippen LogP contribution < -0.4 is 0 Å². The Balaban J connectivity index is 1.84. The number of amides is 1. The van der Waals surface area contributed by atoms with Gasteiger partial charge in [0.15, 0.2) is 0 Å². The van der Waals surface area contributed by atoms with E-state index in [9.17, 15) is 4.79 Å². The summed E-state index contributed by atoms with van der Waals surface area (Å²) < 4.78 is 0. The molecule has 2 aliphatic rings. The lowest BCUT2D eigenvalue weighted by molar-refractivity contribution is -0.128. The zero-order valence-electron chi connectivity index (χ0n) is 10.2. The van der Waals surface area contributed by atoms with Crippen molar-refractivity contribution in [1.82, 2.24) is 4.90 Å². The molecular formula is C14H23NO. The van der Waals surface area contributed by atoms with Crippen molar-refractivity contribution in [3.05, 3.63) is 12.7 Å². The quantitative estimate of drug-likeness (QED) is 0.530. The van der Waals surface area contributed by atoms with Crippen LogP contribution >= 0.6 is 0 Å². The monoisotopic (exact) mass is 221 g/mol. The number of hydrogen-bond acceptors (Lipinski definition) is 1. The second-order valence-corrected chi connectivity index (χ2v) is 5.36. The van der Waals surface area contributed by atoms with Gasteiger partial charge in [-0.05, 0) is 18.8 Å². The van der Waals surface area contributed by atoms with Gasteiger partial charge in [0, 0.05) is 25.4 Å². The van der Waals surface area contributed by atoms with Crippen molar-refractivity contribution >= 4 is 5.91 Å². The Bertz CT molecular complexity index is 253. The molecule has 2 rings (SSSR count). The molecule has 0 spiro atoms. The van der Waals surface area contributed by atoms with E-state index in [1.54, 1.807) is 0 Å². The van der Waals surface area contributed by atoms with E-state index >= 15 is 0 Å². The predicted octanol–water partition coefficient (Wildman–Crippen LogP) is 2.99. The van der Waals surface area contributed by atoms with E-state index in [4.69, 9.17) is 0 Å². The Kier molecular flexibility index (Phi) is 4.03. The smallest absolute Gasteiger partial charge is 0.223 e. The third kappa shape index (κ3) is 2.87. The zero-order valence-corrected chi connectivity index (χ0v) is 10.2. The Labute approximate surface area is 98.7 Å². The molecular weight excluding hydrogens is 198 g/mol. The van der Waals surface area contributed by atoms with Gasteiger partial charge in [-0.15, -0.1) is 6.58 Å². The predicted molar refractivity (Wildman–Crippen MR) is 66.1 cm³/mol. The van der Waals surface area contributed by atoms with Crippen molar-refractivity contribution in [2.75, 3.05) is 13.1 Å². The molecule has 1 saturated heterocycles. The average Bonchev–Trinajstić information content (AvgIpc) is 2.51. The van der Waals surface area contributed by atoms with Gasteiger partial charge in [-0.1, -0.05) is 31.8 Å². The number of nitrogens with zero attached hydrogens (tertiary/aromatic N) is 1. The standard InChI is InChI=1S/C14H23NO/c1-2-12-9-14(16)15(10-12)11-13-7-5-3-4-6-8-13/h2,12-13H,1,3-11H2. The van der Waals surface area contributed by atoms with Crippen molar-refractivity contribution in [3.63, 3.8) is 0 Å². The lowest BCUT2D eigenvalue weighted by atomic mass is 10.00. The summed E-state index contributed by atoms with van der Waals surface area (Å²) in [4.78, 5) is 13.9. The maximum atomic E-state index is 11.8. The lowest BCUT2D eigenvalue weighted by Crippen LogP contribution is -2.30. The van der Waals surface area contributed by atoms with Crippen LogP contribution in [0.3, 0.4) is 0 Å². The highest BCUT2D eigenvalue weighted by molar-refractivity contribution is 5.78. The van der Waals surface area contributed by atoms with Crippen molar-refractivity contribution in [1.29, 1.82) is 0 Å². The fourth-order valence-electron chi connectivity index (χ4n) is 3.00. The molecule has 90 valence electrons. The number of hydrogen-bond donors (Lipinski definition) is 0. The maximum Gasteiger partial charge on any atom is 0.223 e. The summed E-state index contributed by atoms with van der Waals surface area (Å²) in [5.41, 5.74) is 0. The molecule has 2 nitrogen and oxygen atoms in total. The van der Waals surface area contributed by atoms with Crippen molar-refractivity contribution in [3.8, 4) is 0 Å². The SMILES string of the molecule is C=CC1CC(=O)N(CC2CCCCCC2)C1. The van der Waals surface area contributed by atoms with Crippen LogP contribution in [0.5, 0.6) is 0 Å². The fourth-order valence-corrected chi connectivity index (χ4v) is 3.00. The first-order chi connectivity index (χ1) is 7.79. The van der Waals surface area contributed by atoms with Crippen molar-refractivity contribution in [2.45, 2.75) is 44.9 Å². The Morgan fingerprint density at radius 1 is 1.25 bits per heavy atom. The van der Waals surface area contributed by atoms with E-state index in [0.717, 1.165) is 19.0 Å². The van der Waals surface area contributed by atoms with Crippen LogP contribution in [0.2, 0.25) is 0 Å². The van der Waals surface area contributed by atoms with Crippen LogP contribution in [0.15, 0.2) is 12.7 Å².